The van der Waals surface area contributed by atoms with E-state index < -0.39 is 0 Å². The molecule has 3 aromatic rings. The fourth-order valence-corrected chi connectivity index (χ4v) is 2.76. The van der Waals surface area contributed by atoms with Gasteiger partial charge in [-0.1, -0.05) is 60.7 Å². The lowest BCUT2D eigenvalue weighted by molar-refractivity contribution is 0.689. The third kappa shape index (κ3) is 4.77. The molecule has 0 saturated heterocycles. The molecule has 5 nitrogen and oxygen atoms in total. The predicted molar refractivity (Wildman–Crippen MR) is 110 cm³/mol. The smallest absolute Gasteiger partial charge is 0.186 e. The summed E-state index contributed by atoms with van der Waals surface area (Å²) in [6, 6.07) is 20.4. The molecule has 0 radical (unpaired) electrons. The van der Waals surface area contributed by atoms with Crippen molar-refractivity contribution in [1.82, 2.24) is 20.5 Å². The first-order valence-corrected chi connectivity index (χ1v) is 8.91. The third-order valence-corrected chi connectivity index (χ3v) is 3.97. The summed E-state index contributed by atoms with van der Waals surface area (Å²) in [7, 11) is 0. The van der Waals surface area contributed by atoms with E-state index in [0.29, 0.717) is 11.7 Å². The van der Waals surface area contributed by atoms with Crippen LogP contribution in [0.5, 0.6) is 0 Å². The highest BCUT2D eigenvalue weighted by atomic mass is 32.1. The summed E-state index contributed by atoms with van der Waals surface area (Å²) in [6.07, 6.45) is 3.75. The molecule has 2 N–H and O–H groups in total. The topological polar surface area (TPSA) is 54.2 Å². The molecule has 1 aromatic heterocycles. The van der Waals surface area contributed by atoms with E-state index in [1.165, 1.54) is 5.56 Å². The molecule has 3 rings (SSSR count). The number of hydrazone groups is 1. The second kappa shape index (κ2) is 8.92. The molecule has 2 aromatic carbocycles. The van der Waals surface area contributed by atoms with Crippen molar-refractivity contribution < 1.29 is 0 Å². The van der Waals surface area contributed by atoms with Crippen LogP contribution in [0.2, 0.25) is 0 Å². The van der Waals surface area contributed by atoms with Crippen molar-refractivity contribution in [3.05, 3.63) is 78.0 Å². The Bertz CT molecular complexity index is 872. The van der Waals surface area contributed by atoms with Crippen LogP contribution in [0.1, 0.15) is 18.1 Å². The van der Waals surface area contributed by atoms with Gasteiger partial charge < -0.3 is 5.32 Å². The molecule has 0 fully saturated rings. The van der Waals surface area contributed by atoms with Crippen molar-refractivity contribution >= 4 is 23.5 Å². The second-order valence-electron chi connectivity index (χ2n) is 5.71. The van der Waals surface area contributed by atoms with Gasteiger partial charge in [-0.15, -0.1) is 0 Å². The van der Waals surface area contributed by atoms with Crippen LogP contribution in [0.3, 0.4) is 0 Å². The molecule has 0 saturated carbocycles. The van der Waals surface area contributed by atoms with Gasteiger partial charge in [0.2, 0.25) is 0 Å². The molecule has 132 valence electrons. The Balaban J connectivity index is 1.86. The molecule has 0 atom stereocenters. The Hall–Kier alpha value is -2.99. The number of nitrogens with zero attached hydrogens (tertiary/aromatic N) is 3. The zero-order valence-electron chi connectivity index (χ0n) is 14.6. The van der Waals surface area contributed by atoms with Crippen molar-refractivity contribution in [1.29, 1.82) is 0 Å². The van der Waals surface area contributed by atoms with Crippen LogP contribution in [-0.4, -0.2) is 27.7 Å². The summed E-state index contributed by atoms with van der Waals surface area (Å²) >= 11 is 5.13. The van der Waals surface area contributed by atoms with Crippen LogP contribution in [0, 0.1) is 0 Å². The van der Waals surface area contributed by atoms with Gasteiger partial charge in [0.25, 0.3) is 0 Å². The summed E-state index contributed by atoms with van der Waals surface area (Å²) in [5.74, 6) is 0. The minimum atomic E-state index is 0.502. The van der Waals surface area contributed by atoms with E-state index >= 15 is 0 Å². The maximum absolute atomic E-state index is 5.13. The lowest BCUT2D eigenvalue weighted by Gasteiger charge is -2.02. The lowest BCUT2D eigenvalue weighted by atomic mass is 10.1. The van der Waals surface area contributed by atoms with E-state index in [2.05, 4.69) is 28.0 Å². The van der Waals surface area contributed by atoms with Crippen LogP contribution < -0.4 is 10.7 Å². The fraction of sp³-hybridized carbons (Fsp3) is 0.150. The number of hydrogen-bond acceptors (Lipinski definition) is 3. The highest BCUT2D eigenvalue weighted by Crippen LogP contribution is 2.21. The number of benzene rings is 2. The van der Waals surface area contributed by atoms with E-state index in [0.717, 1.165) is 23.4 Å². The van der Waals surface area contributed by atoms with Gasteiger partial charge in [0, 0.05) is 23.9 Å². The minimum absolute atomic E-state index is 0.502. The average Bonchev–Trinajstić information content (AvgIpc) is 3.06. The number of thiocarbonyl (C=S) groups is 1. The molecule has 6 heteroatoms. The zero-order chi connectivity index (χ0) is 18.2. The van der Waals surface area contributed by atoms with E-state index in [1.54, 1.807) is 6.21 Å². The molecular formula is C20H21N5S. The Labute approximate surface area is 158 Å². The maximum Gasteiger partial charge on any atom is 0.186 e. The average molecular weight is 363 g/mol. The summed E-state index contributed by atoms with van der Waals surface area (Å²) in [6.45, 7) is 3.45. The van der Waals surface area contributed by atoms with Crippen LogP contribution in [-0.2, 0) is 6.54 Å². The fourth-order valence-electron chi connectivity index (χ4n) is 2.56. The van der Waals surface area contributed by atoms with Gasteiger partial charge in [-0.2, -0.15) is 10.2 Å². The van der Waals surface area contributed by atoms with Crippen LogP contribution in [0.4, 0.5) is 0 Å². The molecule has 0 bridgehead atoms. The summed E-state index contributed by atoms with van der Waals surface area (Å²) in [5, 5.41) is 12.5. The summed E-state index contributed by atoms with van der Waals surface area (Å²) in [5.41, 5.74) is 6.89. The Morgan fingerprint density at radius 2 is 1.81 bits per heavy atom. The predicted octanol–water partition coefficient (Wildman–Crippen LogP) is 3.42. The Morgan fingerprint density at radius 3 is 2.50 bits per heavy atom. The zero-order valence-corrected chi connectivity index (χ0v) is 15.4. The molecule has 26 heavy (non-hydrogen) atoms. The number of rotatable bonds is 6. The second-order valence-corrected chi connectivity index (χ2v) is 6.12. The first kappa shape index (κ1) is 17.8. The first-order chi connectivity index (χ1) is 12.8. The monoisotopic (exact) mass is 363 g/mol. The largest absolute Gasteiger partial charge is 0.362 e. The van der Waals surface area contributed by atoms with E-state index in [4.69, 9.17) is 17.3 Å². The van der Waals surface area contributed by atoms with Gasteiger partial charge in [-0.05, 0) is 24.7 Å². The van der Waals surface area contributed by atoms with Crippen molar-refractivity contribution in [3.8, 4) is 11.3 Å². The van der Waals surface area contributed by atoms with Crippen molar-refractivity contribution in [2.24, 2.45) is 5.10 Å². The summed E-state index contributed by atoms with van der Waals surface area (Å²) in [4.78, 5) is 0. The number of hydrogen-bond donors (Lipinski definition) is 2. The van der Waals surface area contributed by atoms with Crippen molar-refractivity contribution in [3.63, 3.8) is 0 Å². The highest BCUT2D eigenvalue weighted by Gasteiger charge is 2.10. The highest BCUT2D eigenvalue weighted by molar-refractivity contribution is 7.80. The van der Waals surface area contributed by atoms with E-state index in [9.17, 15) is 0 Å². The normalized spacial score (nSPS) is 10.8. The van der Waals surface area contributed by atoms with E-state index in [1.807, 2.05) is 66.3 Å². The van der Waals surface area contributed by atoms with Crippen molar-refractivity contribution in [2.45, 2.75) is 13.5 Å². The molecule has 1 heterocycles. The SMILES string of the molecule is CCNC(=S)N/N=C\c1cn(Cc2ccccc2)nc1-c1ccccc1. The van der Waals surface area contributed by atoms with Gasteiger partial charge in [-0.25, -0.2) is 0 Å². The van der Waals surface area contributed by atoms with Gasteiger partial charge in [0.15, 0.2) is 5.11 Å². The molecule has 0 aliphatic rings. The molecule has 0 spiro atoms. The van der Waals surface area contributed by atoms with E-state index in [-0.39, 0.29) is 0 Å². The summed E-state index contributed by atoms with van der Waals surface area (Å²) < 4.78 is 1.93. The van der Waals surface area contributed by atoms with Gasteiger partial charge in [0.1, 0.15) is 5.69 Å². The lowest BCUT2D eigenvalue weighted by Crippen LogP contribution is -2.31. The number of nitrogens with one attached hydrogen (secondary N) is 2. The van der Waals surface area contributed by atoms with Gasteiger partial charge >= 0.3 is 0 Å². The van der Waals surface area contributed by atoms with Crippen LogP contribution in [0.15, 0.2) is 72.0 Å². The van der Waals surface area contributed by atoms with Gasteiger partial charge in [0.05, 0.1) is 12.8 Å². The van der Waals surface area contributed by atoms with Crippen molar-refractivity contribution in [2.75, 3.05) is 6.54 Å². The molecule has 0 amide bonds. The number of aromatic nitrogens is 2. The molecule has 0 aliphatic carbocycles. The minimum Gasteiger partial charge on any atom is -0.362 e. The Morgan fingerprint density at radius 1 is 1.12 bits per heavy atom. The quantitative estimate of drug-likeness (QED) is 0.400. The first-order valence-electron chi connectivity index (χ1n) is 8.50. The Kier molecular flexibility index (Phi) is 6.11. The molecular weight excluding hydrogens is 342 g/mol. The standard InChI is InChI=1S/C20H21N5S/c1-2-21-20(26)23-22-13-18-15-25(14-16-9-5-3-6-10-16)24-19(18)17-11-7-4-8-12-17/h3-13,15H,2,14H2,1H3,(H2,21,23,26)/b22-13-. The van der Waals surface area contributed by atoms with Crippen LogP contribution >= 0.6 is 12.2 Å². The maximum atomic E-state index is 5.13. The molecule has 0 aliphatic heterocycles. The third-order valence-electron chi connectivity index (χ3n) is 3.73. The van der Waals surface area contributed by atoms with Gasteiger partial charge in [-0.3, -0.25) is 10.1 Å². The van der Waals surface area contributed by atoms with Crippen LogP contribution in [0.25, 0.3) is 11.3 Å². The molecule has 0 unspecified atom stereocenters.